The molecule has 6 heteroatoms. The number of aliphatic hydroxyl groups is 1. The first-order valence-corrected chi connectivity index (χ1v) is 7.02. The van der Waals surface area contributed by atoms with Crippen molar-refractivity contribution in [3.05, 3.63) is 35.9 Å². The van der Waals surface area contributed by atoms with E-state index in [9.17, 15) is 9.90 Å². The molecule has 3 N–H and O–H groups in total. The standard InChI is InChI=1S/C15H22N2O3.ClH/c1-2-20-11-14(19)17-15(8-9-16-10-13(15)18)12-6-4-3-5-7-12;/h3-7,13,16,18H,2,8-11H2,1H3,(H,17,19);1H/t13-,15+;/m1./s1. The van der Waals surface area contributed by atoms with Crippen LogP contribution in [0.5, 0.6) is 0 Å². The van der Waals surface area contributed by atoms with Crippen molar-refractivity contribution in [3.63, 3.8) is 0 Å². The van der Waals surface area contributed by atoms with Crippen LogP contribution in [0, 0.1) is 0 Å². The molecule has 1 aliphatic rings. The molecule has 5 nitrogen and oxygen atoms in total. The van der Waals surface area contributed by atoms with Gasteiger partial charge in [0.1, 0.15) is 6.61 Å². The summed E-state index contributed by atoms with van der Waals surface area (Å²) in [6, 6.07) is 9.64. The van der Waals surface area contributed by atoms with E-state index >= 15 is 0 Å². The van der Waals surface area contributed by atoms with E-state index in [-0.39, 0.29) is 24.9 Å². The van der Waals surface area contributed by atoms with Crippen molar-refractivity contribution >= 4 is 18.3 Å². The number of piperidine rings is 1. The minimum Gasteiger partial charge on any atom is -0.389 e. The number of carbonyl (C=O) groups is 1. The lowest BCUT2D eigenvalue weighted by Crippen LogP contribution is -2.61. The second-order valence-corrected chi connectivity index (χ2v) is 4.99. The van der Waals surface area contributed by atoms with Crippen molar-refractivity contribution in [2.75, 3.05) is 26.3 Å². The van der Waals surface area contributed by atoms with E-state index in [4.69, 9.17) is 4.74 Å². The largest absolute Gasteiger partial charge is 0.389 e. The number of β-amino-alcohol motifs (C(OH)–C–C–N with tert-alkyl or cyclic N) is 1. The molecule has 0 saturated carbocycles. The van der Waals surface area contributed by atoms with Gasteiger partial charge >= 0.3 is 0 Å². The van der Waals surface area contributed by atoms with E-state index in [2.05, 4.69) is 10.6 Å². The summed E-state index contributed by atoms with van der Waals surface area (Å²) in [6.45, 7) is 3.57. The molecule has 0 aliphatic carbocycles. The fourth-order valence-corrected chi connectivity index (χ4v) is 2.64. The first-order valence-electron chi connectivity index (χ1n) is 7.02. The molecule has 2 rings (SSSR count). The smallest absolute Gasteiger partial charge is 0.246 e. The number of hydrogen-bond acceptors (Lipinski definition) is 4. The molecule has 0 radical (unpaired) electrons. The minimum absolute atomic E-state index is 0. The van der Waals surface area contributed by atoms with Crippen LogP contribution >= 0.6 is 12.4 Å². The van der Waals surface area contributed by atoms with Gasteiger partial charge in [0.2, 0.25) is 5.91 Å². The average Bonchev–Trinajstić information content (AvgIpc) is 2.48. The first kappa shape index (κ1) is 17.9. The fraction of sp³-hybridized carbons (Fsp3) is 0.533. The van der Waals surface area contributed by atoms with Gasteiger partial charge in [-0.3, -0.25) is 4.79 Å². The third-order valence-electron chi connectivity index (χ3n) is 3.69. The van der Waals surface area contributed by atoms with Gasteiger partial charge < -0.3 is 20.5 Å². The number of ether oxygens (including phenoxy) is 1. The maximum absolute atomic E-state index is 12.0. The second kappa shape index (κ2) is 8.34. The Kier molecular flexibility index (Phi) is 7.11. The van der Waals surface area contributed by atoms with E-state index in [1.807, 2.05) is 37.3 Å². The third kappa shape index (κ3) is 4.17. The van der Waals surface area contributed by atoms with Gasteiger partial charge in [0, 0.05) is 13.2 Å². The topological polar surface area (TPSA) is 70.6 Å². The molecule has 0 aromatic heterocycles. The van der Waals surface area contributed by atoms with Gasteiger partial charge in [0.15, 0.2) is 0 Å². The van der Waals surface area contributed by atoms with Crippen LogP contribution in [0.1, 0.15) is 18.9 Å². The summed E-state index contributed by atoms with van der Waals surface area (Å²) < 4.78 is 5.14. The number of halogens is 1. The molecule has 2 atom stereocenters. The van der Waals surface area contributed by atoms with Crippen LogP contribution < -0.4 is 10.6 Å². The number of benzene rings is 1. The highest BCUT2D eigenvalue weighted by Gasteiger charge is 2.42. The highest BCUT2D eigenvalue weighted by atomic mass is 35.5. The lowest BCUT2D eigenvalue weighted by molar-refractivity contribution is -0.130. The molecule has 1 amide bonds. The van der Waals surface area contributed by atoms with Crippen LogP contribution in [0.3, 0.4) is 0 Å². The maximum Gasteiger partial charge on any atom is 0.246 e. The molecule has 1 aliphatic heterocycles. The van der Waals surface area contributed by atoms with E-state index < -0.39 is 11.6 Å². The Morgan fingerprint density at radius 2 is 2.19 bits per heavy atom. The molecule has 1 aromatic carbocycles. The number of amides is 1. The number of hydrogen-bond donors (Lipinski definition) is 3. The van der Waals surface area contributed by atoms with E-state index in [0.29, 0.717) is 19.6 Å². The summed E-state index contributed by atoms with van der Waals surface area (Å²) in [5.74, 6) is -0.198. The highest BCUT2D eigenvalue weighted by molar-refractivity contribution is 5.85. The van der Waals surface area contributed by atoms with Crippen LogP contribution in [-0.4, -0.2) is 43.4 Å². The Hall–Kier alpha value is -1.14. The van der Waals surface area contributed by atoms with Gasteiger partial charge in [0.05, 0.1) is 11.6 Å². The second-order valence-electron chi connectivity index (χ2n) is 4.99. The lowest BCUT2D eigenvalue weighted by Gasteiger charge is -2.43. The van der Waals surface area contributed by atoms with Crippen molar-refractivity contribution in [2.45, 2.75) is 25.0 Å². The summed E-state index contributed by atoms with van der Waals surface area (Å²) in [4.78, 5) is 12.0. The van der Waals surface area contributed by atoms with E-state index in [1.54, 1.807) is 0 Å². The molecule has 118 valence electrons. The zero-order chi connectivity index (χ0) is 14.4. The summed E-state index contributed by atoms with van der Waals surface area (Å²) in [5, 5.41) is 16.6. The van der Waals surface area contributed by atoms with Crippen molar-refractivity contribution in [2.24, 2.45) is 0 Å². The van der Waals surface area contributed by atoms with Crippen LogP contribution in [0.15, 0.2) is 30.3 Å². The molecule has 0 spiro atoms. The van der Waals surface area contributed by atoms with Crippen molar-refractivity contribution < 1.29 is 14.6 Å². The molecule has 1 heterocycles. The van der Waals surface area contributed by atoms with Gasteiger partial charge in [-0.1, -0.05) is 30.3 Å². The maximum atomic E-state index is 12.0. The van der Waals surface area contributed by atoms with Crippen LogP contribution in [0.4, 0.5) is 0 Å². The zero-order valence-electron chi connectivity index (χ0n) is 12.2. The van der Waals surface area contributed by atoms with Crippen LogP contribution in [0.25, 0.3) is 0 Å². The summed E-state index contributed by atoms with van der Waals surface area (Å²) in [7, 11) is 0. The number of rotatable bonds is 5. The van der Waals surface area contributed by atoms with E-state index in [0.717, 1.165) is 12.1 Å². The molecule has 21 heavy (non-hydrogen) atoms. The Bertz CT molecular complexity index is 444. The zero-order valence-corrected chi connectivity index (χ0v) is 13.0. The van der Waals surface area contributed by atoms with Crippen molar-refractivity contribution in [3.8, 4) is 0 Å². The summed E-state index contributed by atoms with van der Waals surface area (Å²) in [6.07, 6.45) is -0.0139. The normalized spacial score (nSPS) is 25.0. The van der Waals surface area contributed by atoms with Gasteiger partial charge in [-0.2, -0.15) is 0 Å². The fourth-order valence-electron chi connectivity index (χ4n) is 2.64. The molecule has 0 unspecified atom stereocenters. The van der Waals surface area contributed by atoms with E-state index in [1.165, 1.54) is 0 Å². The molecule has 0 bridgehead atoms. The molecular formula is C15H23ClN2O3. The molecule has 1 aromatic rings. The highest BCUT2D eigenvalue weighted by Crippen LogP contribution is 2.30. The van der Waals surface area contributed by atoms with Gasteiger partial charge in [0.25, 0.3) is 0 Å². The van der Waals surface area contributed by atoms with Gasteiger partial charge in [-0.15, -0.1) is 12.4 Å². The Balaban J connectivity index is 0.00000220. The molecule has 1 saturated heterocycles. The van der Waals surface area contributed by atoms with Crippen molar-refractivity contribution in [1.82, 2.24) is 10.6 Å². The lowest BCUT2D eigenvalue weighted by atomic mass is 9.79. The quantitative estimate of drug-likeness (QED) is 0.752. The van der Waals surface area contributed by atoms with Crippen LogP contribution in [-0.2, 0) is 15.1 Å². The monoisotopic (exact) mass is 314 g/mol. The Morgan fingerprint density at radius 3 is 2.81 bits per heavy atom. The Morgan fingerprint density at radius 1 is 1.48 bits per heavy atom. The van der Waals surface area contributed by atoms with Crippen LogP contribution in [0.2, 0.25) is 0 Å². The first-order chi connectivity index (χ1) is 9.69. The number of carbonyl (C=O) groups excluding carboxylic acids is 1. The summed E-state index contributed by atoms with van der Waals surface area (Å²) >= 11 is 0. The SMILES string of the molecule is CCOCC(=O)N[C@]1(c2ccccc2)CCNC[C@H]1O.Cl. The average molecular weight is 315 g/mol. The predicted octanol–water partition coefficient (Wildman–Crippen LogP) is 0.811. The van der Waals surface area contributed by atoms with Gasteiger partial charge in [-0.05, 0) is 25.5 Å². The Labute approximate surface area is 131 Å². The molecule has 1 fully saturated rings. The summed E-state index contributed by atoms with van der Waals surface area (Å²) in [5.41, 5.74) is 0.194. The van der Waals surface area contributed by atoms with Gasteiger partial charge in [-0.25, -0.2) is 0 Å². The van der Waals surface area contributed by atoms with Crippen molar-refractivity contribution in [1.29, 1.82) is 0 Å². The third-order valence-corrected chi connectivity index (χ3v) is 3.69. The minimum atomic E-state index is -0.735. The number of nitrogens with one attached hydrogen (secondary N) is 2. The molecular weight excluding hydrogens is 292 g/mol. The number of aliphatic hydroxyl groups excluding tert-OH is 1. The predicted molar refractivity (Wildman–Crippen MR) is 83.5 cm³/mol.